The average molecular weight is 264 g/mol. The van der Waals surface area contributed by atoms with Crippen molar-refractivity contribution >= 4 is 0 Å². The van der Waals surface area contributed by atoms with Crippen LogP contribution in [0.1, 0.15) is 52.4 Å². The molecule has 0 spiro atoms. The van der Waals surface area contributed by atoms with Crippen LogP contribution in [0.25, 0.3) is 0 Å². The number of hydrogen-bond acceptors (Lipinski definition) is 3. The molecular weight excluding hydrogens is 236 g/mol. The van der Waals surface area contributed by atoms with Gasteiger partial charge < -0.3 is 4.74 Å². The molecule has 2 saturated carbocycles. The highest BCUT2D eigenvalue weighted by Crippen LogP contribution is 2.55. The van der Waals surface area contributed by atoms with E-state index in [1.807, 2.05) is 0 Å². The van der Waals surface area contributed by atoms with E-state index in [0.717, 1.165) is 24.9 Å². The third-order valence-corrected chi connectivity index (χ3v) is 6.35. The fourth-order valence-corrected chi connectivity index (χ4v) is 5.51. The van der Waals surface area contributed by atoms with Crippen LogP contribution >= 0.6 is 0 Å². The summed E-state index contributed by atoms with van der Waals surface area (Å²) in [6.07, 6.45) is 7.92. The maximum atomic E-state index is 6.99. The highest BCUT2D eigenvalue weighted by atomic mass is 16.6. The number of likely N-dealkylation sites (tertiary alicyclic amines) is 2. The van der Waals surface area contributed by atoms with E-state index in [2.05, 4.69) is 23.6 Å². The van der Waals surface area contributed by atoms with Crippen molar-refractivity contribution in [1.82, 2.24) is 9.80 Å². The molecule has 4 aliphatic rings. The highest BCUT2D eigenvalue weighted by molar-refractivity contribution is 5.05. The Morgan fingerprint density at radius 2 is 1.37 bits per heavy atom. The van der Waals surface area contributed by atoms with Gasteiger partial charge in [0.2, 0.25) is 0 Å². The van der Waals surface area contributed by atoms with Gasteiger partial charge in [-0.25, -0.2) is 0 Å². The standard InChI is InChI=1S/C16H28N2O/c1-3-17-11-13-5-7-15(17,9-13)19-16-8-6-14(10-16)12-18(16)4-2/h13-14H,3-12H2,1-2H3. The van der Waals surface area contributed by atoms with Crippen molar-refractivity contribution in [3.8, 4) is 0 Å². The van der Waals surface area contributed by atoms with Crippen LogP contribution in [0.3, 0.4) is 0 Å². The number of rotatable bonds is 4. The summed E-state index contributed by atoms with van der Waals surface area (Å²) in [6, 6.07) is 0. The first-order valence-corrected chi connectivity index (χ1v) is 8.40. The van der Waals surface area contributed by atoms with Gasteiger partial charge in [-0.05, 0) is 63.5 Å². The van der Waals surface area contributed by atoms with E-state index in [4.69, 9.17) is 4.74 Å². The summed E-state index contributed by atoms with van der Waals surface area (Å²) in [5.41, 5.74) is 0.206. The van der Waals surface area contributed by atoms with Crippen molar-refractivity contribution in [2.24, 2.45) is 11.8 Å². The van der Waals surface area contributed by atoms with Gasteiger partial charge in [0, 0.05) is 13.1 Å². The zero-order valence-corrected chi connectivity index (χ0v) is 12.5. The van der Waals surface area contributed by atoms with Gasteiger partial charge in [0.15, 0.2) is 0 Å². The largest absolute Gasteiger partial charge is 0.339 e. The van der Waals surface area contributed by atoms with Gasteiger partial charge in [-0.3, -0.25) is 9.80 Å². The fraction of sp³-hybridized carbons (Fsp3) is 1.00. The van der Waals surface area contributed by atoms with Crippen LogP contribution in [0.15, 0.2) is 0 Å². The molecule has 2 aliphatic heterocycles. The summed E-state index contributed by atoms with van der Waals surface area (Å²) in [5.74, 6) is 1.81. The third-order valence-electron chi connectivity index (χ3n) is 6.35. The Hall–Kier alpha value is -0.120. The van der Waals surface area contributed by atoms with Crippen molar-refractivity contribution in [3.05, 3.63) is 0 Å². The summed E-state index contributed by atoms with van der Waals surface area (Å²) >= 11 is 0. The summed E-state index contributed by atoms with van der Waals surface area (Å²) < 4.78 is 6.99. The van der Waals surface area contributed by atoms with Crippen LogP contribution in [0.2, 0.25) is 0 Å². The van der Waals surface area contributed by atoms with E-state index in [9.17, 15) is 0 Å². The molecular formula is C16H28N2O. The van der Waals surface area contributed by atoms with Crippen molar-refractivity contribution in [3.63, 3.8) is 0 Å². The van der Waals surface area contributed by atoms with Crippen LogP contribution in [0.4, 0.5) is 0 Å². The van der Waals surface area contributed by atoms with Crippen LogP contribution in [0.5, 0.6) is 0 Å². The molecule has 108 valence electrons. The normalized spacial score (nSPS) is 49.6. The first kappa shape index (κ1) is 12.6. The molecule has 4 atom stereocenters. The molecule has 3 heteroatoms. The molecule has 4 rings (SSSR count). The number of ether oxygens (including phenoxy) is 1. The minimum absolute atomic E-state index is 0.103. The first-order chi connectivity index (χ1) is 9.20. The Kier molecular flexibility index (Phi) is 2.78. The predicted octanol–water partition coefficient (Wildman–Crippen LogP) is 2.67. The molecule has 0 aromatic carbocycles. The van der Waals surface area contributed by atoms with Crippen LogP contribution in [-0.4, -0.2) is 47.4 Å². The van der Waals surface area contributed by atoms with E-state index in [-0.39, 0.29) is 11.4 Å². The molecule has 2 saturated heterocycles. The second kappa shape index (κ2) is 4.19. The van der Waals surface area contributed by atoms with Crippen molar-refractivity contribution in [2.45, 2.75) is 63.8 Å². The fourth-order valence-electron chi connectivity index (χ4n) is 5.51. The van der Waals surface area contributed by atoms with Gasteiger partial charge in [-0.1, -0.05) is 13.8 Å². The quantitative estimate of drug-likeness (QED) is 0.776. The number of piperidine rings is 2. The zero-order valence-electron chi connectivity index (χ0n) is 12.5. The van der Waals surface area contributed by atoms with E-state index in [1.165, 1.54) is 51.6 Å². The zero-order chi connectivity index (χ0) is 13.1. The molecule has 0 N–H and O–H groups in total. The average Bonchev–Trinajstić information content (AvgIpc) is 3.14. The molecule has 4 unspecified atom stereocenters. The van der Waals surface area contributed by atoms with Gasteiger partial charge in [0.1, 0.15) is 11.4 Å². The summed E-state index contributed by atoms with van der Waals surface area (Å²) in [6.45, 7) is 9.47. The Bertz CT molecular complexity index is 340. The second-order valence-electron chi connectivity index (χ2n) is 7.29. The third kappa shape index (κ3) is 1.68. The van der Waals surface area contributed by atoms with Crippen molar-refractivity contribution in [1.29, 1.82) is 0 Å². The van der Waals surface area contributed by atoms with Crippen molar-refractivity contribution < 1.29 is 4.74 Å². The topological polar surface area (TPSA) is 15.7 Å². The second-order valence-corrected chi connectivity index (χ2v) is 7.29. The van der Waals surface area contributed by atoms with E-state index < -0.39 is 0 Å². The molecule has 4 fully saturated rings. The lowest BCUT2D eigenvalue weighted by molar-refractivity contribution is -0.257. The molecule has 0 aromatic heterocycles. The van der Waals surface area contributed by atoms with E-state index in [0.29, 0.717) is 0 Å². The molecule has 0 aromatic rings. The van der Waals surface area contributed by atoms with Gasteiger partial charge in [0.25, 0.3) is 0 Å². The lowest BCUT2D eigenvalue weighted by Crippen LogP contribution is -2.57. The summed E-state index contributed by atoms with van der Waals surface area (Å²) in [5, 5.41) is 0. The molecule has 2 heterocycles. The first-order valence-electron chi connectivity index (χ1n) is 8.40. The molecule has 0 radical (unpaired) electrons. The number of hydrogen-bond donors (Lipinski definition) is 0. The van der Waals surface area contributed by atoms with Crippen LogP contribution in [0, 0.1) is 11.8 Å². The summed E-state index contributed by atoms with van der Waals surface area (Å²) in [7, 11) is 0. The molecule has 3 nitrogen and oxygen atoms in total. The van der Waals surface area contributed by atoms with Gasteiger partial charge >= 0.3 is 0 Å². The van der Waals surface area contributed by atoms with Gasteiger partial charge in [-0.15, -0.1) is 0 Å². The Morgan fingerprint density at radius 1 is 0.895 bits per heavy atom. The Labute approximate surface area is 117 Å². The van der Waals surface area contributed by atoms with E-state index in [1.54, 1.807) is 0 Å². The predicted molar refractivity (Wildman–Crippen MR) is 75.7 cm³/mol. The smallest absolute Gasteiger partial charge is 0.124 e. The van der Waals surface area contributed by atoms with Crippen LogP contribution < -0.4 is 0 Å². The van der Waals surface area contributed by atoms with E-state index >= 15 is 0 Å². The molecule has 2 aliphatic carbocycles. The maximum absolute atomic E-state index is 6.99. The van der Waals surface area contributed by atoms with Gasteiger partial charge in [0.05, 0.1) is 0 Å². The Balaban J connectivity index is 1.60. The number of fused-ring (bicyclic) bond motifs is 4. The lowest BCUT2D eigenvalue weighted by atomic mass is 10.1. The van der Waals surface area contributed by atoms with Crippen LogP contribution in [-0.2, 0) is 4.74 Å². The highest BCUT2D eigenvalue weighted by Gasteiger charge is 2.59. The van der Waals surface area contributed by atoms with Gasteiger partial charge in [-0.2, -0.15) is 0 Å². The monoisotopic (exact) mass is 264 g/mol. The Morgan fingerprint density at radius 3 is 1.74 bits per heavy atom. The SMILES string of the molecule is CCN1CC2CCC1(OC13CCC(CN1CC)C3)C2. The number of nitrogens with zero attached hydrogens (tertiary/aromatic N) is 2. The minimum Gasteiger partial charge on any atom is -0.339 e. The van der Waals surface area contributed by atoms with Crippen molar-refractivity contribution in [2.75, 3.05) is 26.2 Å². The molecule has 19 heavy (non-hydrogen) atoms. The minimum atomic E-state index is 0.103. The lowest BCUT2D eigenvalue weighted by Gasteiger charge is -2.47. The molecule has 0 amide bonds. The summed E-state index contributed by atoms with van der Waals surface area (Å²) in [4.78, 5) is 5.27. The molecule has 4 bridgehead atoms. The maximum Gasteiger partial charge on any atom is 0.124 e.